The summed E-state index contributed by atoms with van der Waals surface area (Å²) in [4.78, 5) is 11.0. The van der Waals surface area contributed by atoms with E-state index in [4.69, 9.17) is 82.9 Å². The van der Waals surface area contributed by atoms with Crippen LogP contribution in [0.25, 0.3) is 0 Å². The third kappa shape index (κ3) is 19.3. The van der Waals surface area contributed by atoms with Crippen molar-refractivity contribution in [2.45, 2.75) is 178 Å². The molecule has 0 spiro atoms. The molecule has 4 heterocycles. The van der Waals surface area contributed by atoms with Crippen LogP contribution in [0.5, 0.6) is 0 Å². The lowest BCUT2D eigenvalue weighted by atomic mass is 9.94. The Morgan fingerprint density at radius 3 is 1.49 bits per heavy atom. The van der Waals surface area contributed by atoms with E-state index in [0.717, 1.165) is 14.2 Å². The van der Waals surface area contributed by atoms with Crippen LogP contribution >= 0.6 is 15.6 Å². The summed E-state index contributed by atoms with van der Waals surface area (Å²) in [5, 5.41) is 9.28. The number of hydrogen-bond donors (Lipinski definition) is 1. The van der Waals surface area contributed by atoms with Crippen LogP contribution in [-0.4, -0.2) is 187 Å². The first-order chi connectivity index (χ1) is 27.4. The van der Waals surface area contributed by atoms with E-state index in [0.29, 0.717) is 12.8 Å². The molecule has 16 atom stereocenters. The van der Waals surface area contributed by atoms with Gasteiger partial charge in [-0.2, -0.15) is 0 Å². The minimum Gasteiger partial charge on any atom is -0.756 e. The van der Waals surface area contributed by atoms with Crippen LogP contribution in [0.2, 0.25) is 0 Å². The number of phosphoric acid groups is 2. The molecule has 4 aliphatic rings. The molecule has 4 saturated heterocycles. The Hall–Kier alpha value is -0.0203. The van der Waals surface area contributed by atoms with Crippen molar-refractivity contribution in [1.29, 1.82) is 0 Å². The summed E-state index contributed by atoms with van der Waals surface area (Å²) in [6, 6.07) is -3.24. The van der Waals surface area contributed by atoms with Crippen molar-refractivity contribution < 1.29 is 88.4 Å². The summed E-state index contributed by atoms with van der Waals surface area (Å²) in [7, 11) is 16.1. The molecule has 0 aromatic rings. The predicted octanol–water partition coefficient (Wildman–Crippen LogP) is 2.08. The lowest BCUT2D eigenvalue weighted by Gasteiger charge is -2.26. The predicted molar refractivity (Wildman–Crippen MR) is 211 cm³/mol. The van der Waals surface area contributed by atoms with Gasteiger partial charge in [-0.1, -0.05) is 0 Å². The number of halogens is 2. The second-order valence-electron chi connectivity index (χ2n) is 15.2. The van der Waals surface area contributed by atoms with Gasteiger partial charge in [0, 0.05) is 26.2 Å². The minimum absolute atomic E-state index is 0.0119. The quantitative estimate of drug-likeness (QED) is 0.138. The molecular weight excluding hydrogens is 824 g/mol. The van der Waals surface area contributed by atoms with Gasteiger partial charge in [0.15, 0.2) is 0 Å². The zero-order valence-electron chi connectivity index (χ0n) is 35.6. The Labute approximate surface area is 353 Å². The maximum atomic E-state index is 14.5. The highest BCUT2D eigenvalue weighted by Gasteiger charge is 2.48. The van der Waals surface area contributed by atoms with Crippen molar-refractivity contribution >= 4 is 47.0 Å². The third-order valence-electron chi connectivity index (χ3n) is 8.71. The molecule has 8 radical (unpaired) electrons. The van der Waals surface area contributed by atoms with Gasteiger partial charge in [-0.05, 0) is 68.2 Å². The van der Waals surface area contributed by atoms with Gasteiger partial charge < -0.3 is 56.9 Å². The monoisotopic (exact) mass is 885 g/mol. The van der Waals surface area contributed by atoms with E-state index in [1.807, 2.05) is 55.4 Å². The molecule has 25 heteroatoms. The molecule has 4 aliphatic heterocycles. The van der Waals surface area contributed by atoms with E-state index < -0.39 is 88.6 Å². The molecule has 4 fully saturated rings. The minimum atomic E-state index is -4.23. The topological polar surface area (TPSA) is 197 Å². The molecule has 0 amide bonds. The average molecular weight is 885 g/mol. The fraction of sp³-hybridized carbons (Fsp3) is 1.00. The maximum Gasteiger partial charge on any atom is 0.475 e. The Kier molecular flexibility index (Phi) is 24.3. The van der Waals surface area contributed by atoms with E-state index >= 15 is 0 Å². The van der Waals surface area contributed by atoms with Crippen LogP contribution in [0.15, 0.2) is 0 Å². The fourth-order valence-electron chi connectivity index (χ4n) is 5.91. The SMILES string of the molecule is [B][C@@H]1O[C@H](COC(C)C)[C@H](O)C1F.[B][C@@H]1O[C@H](COC(C)C)[C@H](OP(=O)(OC)OC[C@H]2O[C@@H]([B])C[C@H]2OC(C)C)C1F.[B][C@H]1C[C@@H](OC(C)C)[C@@H](COP(=O)([O-])OC)O1. The first-order valence-electron chi connectivity index (χ1n) is 19.5. The van der Waals surface area contributed by atoms with Gasteiger partial charge in [-0.25, -0.2) is 13.3 Å². The molecule has 4 rings (SSSR count). The van der Waals surface area contributed by atoms with Gasteiger partial charge in [0.25, 0.3) is 7.82 Å². The van der Waals surface area contributed by atoms with Gasteiger partial charge in [0.2, 0.25) is 0 Å². The van der Waals surface area contributed by atoms with Crippen LogP contribution in [0, 0.1) is 0 Å². The Morgan fingerprint density at radius 1 is 0.644 bits per heavy atom. The summed E-state index contributed by atoms with van der Waals surface area (Å²) < 4.78 is 119. The van der Waals surface area contributed by atoms with Gasteiger partial charge in [0.1, 0.15) is 80.4 Å². The number of aliphatic hydroxyl groups is 1. The van der Waals surface area contributed by atoms with E-state index in [1.165, 1.54) is 0 Å². The summed E-state index contributed by atoms with van der Waals surface area (Å²) in [5.74, 6) is 0. The van der Waals surface area contributed by atoms with Crippen LogP contribution in [0.4, 0.5) is 8.78 Å². The smallest absolute Gasteiger partial charge is 0.475 e. The van der Waals surface area contributed by atoms with Crippen molar-refractivity contribution in [3.8, 4) is 0 Å². The van der Waals surface area contributed by atoms with Gasteiger partial charge >= 0.3 is 7.82 Å². The molecule has 59 heavy (non-hydrogen) atoms. The molecule has 0 aromatic heterocycles. The highest BCUT2D eigenvalue weighted by atomic mass is 31.2. The molecular formula is C34H61B4F2O17P2-. The summed E-state index contributed by atoms with van der Waals surface area (Å²) in [6.07, 6.45) is -7.98. The molecule has 0 aliphatic carbocycles. The zero-order valence-corrected chi connectivity index (χ0v) is 37.4. The number of hydrogen-bond acceptors (Lipinski definition) is 17. The number of rotatable bonds is 20. The Bertz CT molecular complexity index is 1290. The van der Waals surface area contributed by atoms with Crippen molar-refractivity contribution in [3.63, 3.8) is 0 Å². The largest absolute Gasteiger partial charge is 0.756 e. The normalized spacial score (nSPS) is 36.7. The first kappa shape index (κ1) is 55.1. The second kappa shape index (κ2) is 26.1. The van der Waals surface area contributed by atoms with Crippen LogP contribution < -0.4 is 4.89 Å². The third-order valence-corrected chi connectivity index (χ3v) is 11.0. The first-order valence-corrected chi connectivity index (χ1v) is 22.5. The highest BCUT2D eigenvalue weighted by Crippen LogP contribution is 2.52. The maximum absolute atomic E-state index is 14.5. The fourth-order valence-corrected chi connectivity index (χ4v) is 7.48. The number of alkyl halides is 2. The van der Waals surface area contributed by atoms with Crippen LogP contribution in [0.1, 0.15) is 68.2 Å². The highest BCUT2D eigenvalue weighted by molar-refractivity contribution is 7.48. The van der Waals surface area contributed by atoms with Crippen molar-refractivity contribution in [1.82, 2.24) is 0 Å². The molecule has 4 unspecified atom stereocenters. The summed E-state index contributed by atoms with van der Waals surface area (Å²) >= 11 is 0. The number of aliphatic hydroxyl groups excluding tert-OH is 1. The van der Waals surface area contributed by atoms with E-state index in [1.54, 1.807) is 0 Å². The molecule has 0 aromatic carbocycles. The average Bonchev–Trinajstić information content (AvgIpc) is 3.84. The second-order valence-corrected chi connectivity index (χ2v) is 18.4. The van der Waals surface area contributed by atoms with Crippen LogP contribution in [-0.2, 0) is 69.6 Å². The van der Waals surface area contributed by atoms with Crippen molar-refractivity contribution in [2.24, 2.45) is 0 Å². The van der Waals surface area contributed by atoms with E-state index in [-0.39, 0.29) is 63.1 Å². The zero-order chi connectivity index (χ0) is 44.8. The van der Waals surface area contributed by atoms with E-state index in [2.05, 4.69) is 9.05 Å². The molecule has 336 valence electrons. The Morgan fingerprint density at radius 2 is 1.08 bits per heavy atom. The van der Waals surface area contributed by atoms with E-state index in [9.17, 15) is 27.9 Å². The summed E-state index contributed by atoms with van der Waals surface area (Å²) in [5.41, 5.74) is 0. The number of ether oxygens (including phenoxy) is 8. The lowest BCUT2D eigenvalue weighted by Crippen LogP contribution is -2.36. The van der Waals surface area contributed by atoms with Gasteiger partial charge in [0.05, 0.1) is 75.1 Å². The Balaban J connectivity index is 0.000000337. The van der Waals surface area contributed by atoms with Gasteiger partial charge in [-0.3, -0.25) is 18.1 Å². The molecule has 1 N–H and O–H groups in total. The molecule has 0 bridgehead atoms. The lowest BCUT2D eigenvalue weighted by molar-refractivity contribution is -0.225. The number of phosphoric ester groups is 2. The summed E-state index contributed by atoms with van der Waals surface area (Å²) in [6.45, 7) is 14.8. The van der Waals surface area contributed by atoms with Gasteiger partial charge in [-0.15, -0.1) is 0 Å². The van der Waals surface area contributed by atoms with Crippen molar-refractivity contribution in [3.05, 3.63) is 0 Å². The standard InChI is InChI=1S/C17H30B2FO8P.C9H18BO6P.C8H14BFO3/c1-9(2)23-7-13-16(15(20)17(19)27-13)28-29(21,22-5)24-8-12-11(25-10(3)4)6-14(18)26-12;1-6(2)15-7-4-9(10)16-8(7)5-14-17(11,12)13-3;1-4(2)12-3-5-7(11)6(10)8(9)13-5/h9-17H,6-8H2,1-5H3;6-9H,4-5H2,1-3H3,(H,11,12);4-8,11H,3H2,1-2H3/p-1/t11-,12-,13-,14-,15?,16+,17-,29?;7-,8-,9-;5-,6?,7+,8-/m111/s1. The molecule has 0 saturated carbocycles. The van der Waals surface area contributed by atoms with Crippen LogP contribution in [0.3, 0.4) is 0 Å². The molecule has 17 nitrogen and oxygen atoms in total. The van der Waals surface area contributed by atoms with Crippen molar-refractivity contribution in [2.75, 3.05) is 40.6 Å².